The van der Waals surface area contributed by atoms with Gasteiger partial charge in [0, 0.05) is 18.4 Å². The quantitative estimate of drug-likeness (QED) is 0.194. The lowest BCUT2D eigenvalue weighted by Gasteiger charge is -2.23. The van der Waals surface area contributed by atoms with Crippen LogP contribution in [0, 0.1) is 65.1 Å². The number of esters is 2. The molecule has 0 saturated carbocycles. The van der Waals surface area contributed by atoms with E-state index in [4.69, 9.17) is 15.9 Å². The van der Waals surface area contributed by atoms with Gasteiger partial charge >= 0.3 is 11.9 Å². The molecule has 0 heterocycles. The fraction of sp³-hybridized carbons (Fsp3) is 0.176. The number of hydrogen-bond donors (Lipinski definition) is 1. The molecule has 0 amide bonds. The number of hydrogen-bond acceptors (Lipinski definition) is 5. The normalized spacial score (nSPS) is 10.9. The first-order chi connectivity index (χ1) is 18.9. The van der Waals surface area contributed by atoms with Crippen LogP contribution in [0.3, 0.4) is 0 Å². The van der Waals surface area contributed by atoms with Gasteiger partial charge in [0.15, 0.2) is 11.5 Å². The van der Waals surface area contributed by atoms with Crippen LogP contribution in [-0.2, 0) is 19.1 Å². The van der Waals surface area contributed by atoms with Gasteiger partial charge in [0.05, 0.1) is 14.2 Å². The summed E-state index contributed by atoms with van der Waals surface area (Å²) in [5.74, 6) is 21.7. The molecule has 0 spiro atoms. The van der Waals surface area contributed by atoms with Crippen LogP contribution in [-0.4, -0.2) is 37.4 Å². The Bertz CT molecular complexity index is 1800. The van der Waals surface area contributed by atoms with Crippen LogP contribution >= 0.6 is 0 Å². The van der Waals surface area contributed by atoms with Crippen LogP contribution in [0.4, 0.5) is 0 Å². The second kappa shape index (κ2) is 11.8. The summed E-state index contributed by atoms with van der Waals surface area (Å²) in [5, 5.41) is 16.5. The van der Waals surface area contributed by atoms with E-state index in [0.717, 1.165) is 30.6 Å². The van der Waals surface area contributed by atoms with Crippen molar-refractivity contribution in [2.75, 3.05) is 14.2 Å². The van der Waals surface area contributed by atoms with E-state index < -0.39 is 23.5 Å². The molecule has 0 saturated heterocycles. The fourth-order valence-corrected chi connectivity index (χ4v) is 4.40. The Balaban J connectivity index is 1.56. The van der Waals surface area contributed by atoms with Crippen LogP contribution in [0.15, 0.2) is 54.6 Å². The SMILES string of the molecule is C#CC(O)C#CCC(CC#CC#CC#Cc1cc2ccc3cccc4ccc(c1)c2c34)(C(=O)OC)C(=O)OC. The fourth-order valence-electron chi connectivity index (χ4n) is 4.40. The highest BCUT2D eigenvalue weighted by Crippen LogP contribution is 2.35. The Kier molecular flexibility index (Phi) is 8.06. The van der Waals surface area contributed by atoms with Gasteiger partial charge in [0.1, 0.15) is 0 Å². The summed E-state index contributed by atoms with van der Waals surface area (Å²) in [6, 6.07) is 18.8. The number of ether oxygens (including phenoxy) is 2. The average Bonchev–Trinajstić information content (AvgIpc) is 2.97. The smallest absolute Gasteiger partial charge is 0.325 e. The van der Waals surface area contributed by atoms with Gasteiger partial charge in [0.2, 0.25) is 0 Å². The largest absolute Gasteiger partial charge is 0.468 e. The van der Waals surface area contributed by atoms with E-state index in [1.165, 1.54) is 21.5 Å². The van der Waals surface area contributed by atoms with Crippen molar-refractivity contribution in [3.05, 3.63) is 60.2 Å². The van der Waals surface area contributed by atoms with Crippen molar-refractivity contribution in [2.45, 2.75) is 18.9 Å². The van der Waals surface area contributed by atoms with Crippen molar-refractivity contribution in [1.29, 1.82) is 0 Å². The molecule has 39 heavy (non-hydrogen) atoms. The Morgan fingerprint density at radius 1 is 0.821 bits per heavy atom. The lowest BCUT2D eigenvalue weighted by Crippen LogP contribution is -2.40. The van der Waals surface area contributed by atoms with E-state index in [-0.39, 0.29) is 12.8 Å². The minimum Gasteiger partial charge on any atom is -0.468 e. The Hall–Kier alpha value is -5.38. The van der Waals surface area contributed by atoms with Crippen molar-refractivity contribution in [2.24, 2.45) is 5.41 Å². The first-order valence-electron chi connectivity index (χ1n) is 11.9. The maximum absolute atomic E-state index is 12.5. The lowest BCUT2D eigenvalue weighted by atomic mass is 9.81. The highest BCUT2D eigenvalue weighted by Gasteiger charge is 2.47. The molecular weight excluding hydrogens is 488 g/mol. The van der Waals surface area contributed by atoms with Gasteiger partial charge in [-0.25, -0.2) is 0 Å². The molecule has 0 bridgehead atoms. The van der Waals surface area contributed by atoms with Crippen LogP contribution in [0.25, 0.3) is 32.3 Å². The van der Waals surface area contributed by atoms with Gasteiger partial charge in [-0.1, -0.05) is 72.1 Å². The zero-order valence-corrected chi connectivity index (χ0v) is 21.3. The summed E-state index contributed by atoms with van der Waals surface area (Å²) >= 11 is 0. The van der Waals surface area contributed by atoms with Gasteiger partial charge in [0.25, 0.3) is 0 Å². The molecule has 4 aromatic carbocycles. The topological polar surface area (TPSA) is 72.8 Å². The van der Waals surface area contributed by atoms with Crippen LogP contribution in [0.2, 0.25) is 0 Å². The van der Waals surface area contributed by atoms with E-state index in [1.807, 2.05) is 18.1 Å². The number of aliphatic hydroxyl groups is 1. The third-order valence-electron chi connectivity index (χ3n) is 6.28. The summed E-state index contributed by atoms with van der Waals surface area (Å²) in [5.41, 5.74) is -0.985. The van der Waals surface area contributed by atoms with Crippen molar-refractivity contribution in [1.82, 2.24) is 0 Å². The first kappa shape index (κ1) is 26.7. The maximum atomic E-state index is 12.5. The monoisotopic (exact) mass is 510 g/mol. The molecule has 1 atom stereocenters. The second-order valence-corrected chi connectivity index (χ2v) is 8.62. The minimum atomic E-state index is -1.81. The van der Waals surface area contributed by atoms with Crippen LogP contribution in [0.1, 0.15) is 18.4 Å². The minimum absolute atomic E-state index is 0.258. The number of benzene rings is 4. The van der Waals surface area contributed by atoms with E-state index in [2.05, 4.69) is 89.8 Å². The summed E-state index contributed by atoms with van der Waals surface area (Å²) in [4.78, 5) is 25.0. The number of carbonyl (C=O) groups excluding carboxylic acids is 2. The number of methoxy groups -OCH3 is 2. The Labute approximate surface area is 226 Å². The van der Waals surface area contributed by atoms with Gasteiger partial charge < -0.3 is 14.6 Å². The predicted molar refractivity (Wildman–Crippen MR) is 151 cm³/mol. The van der Waals surface area contributed by atoms with Gasteiger partial charge in [-0.15, -0.1) is 6.42 Å². The zero-order chi connectivity index (χ0) is 27.8. The molecule has 1 unspecified atom stereocenters. The van der Waals surface area contributed by atoms with Gasteiger partial charge in [-0.2, -0.15) is 0 Å². The maximum Gasteiger partial charge on any atom is 0.325 e. The number of aliphatic hydroxyl groups excluding tert-OH is 1. The molecule has 1 N–H and O–H groups in total. The second-order valence-electron chi connectivity index (χ2n) is 8.62. The molecule has 0 aromatic heterocycles. The van der Waals surface area contributed by atoms with E-state index in [0.29, 0.717) is 0 Å². The molecule has 0 aliphatic carbocycles. The van der Waals surface area contributed by atoms with E-state index in [9.17, 15) is 14.7 Å². The van der Waals surface area contributed by atoms with Crippen molar-refractivity contribution < 1.29 is 24.2 Å². The molecular formula is C34H22O5. The molecule has 0 aliphatic rings. The Morgan fingerprint density at radius 3 is 1.95 bits per heavy atom. The highest BCUT2D eigenvalue weighted by molar-refractivity contribution is 6.23. The van der Waals surface area contributed by atoms with E-state index >= 15 is 0 Å². The lowest BCUT2D eigenvalue weighted by molar-refractivity contribution is -0.168. The summed E-state index contributed by atoms with van der Waals surface area (Å²) in [6.07, 6.45) is 3.20. The number of rotatable bonds is 4. The zero-order valence-electron chi connectivity index (χ0n) is 21.3. The number of terminal acetylenes is 1. The van der Waals surface area contributed by atoms with Gasteiger partial charge in [-0.3, -0.25) is 9.59 Å². The average molecular weight is 511 g/mol. The summed E-state index contributed by atoms with van der Waals surface area (Å²) < 4.78 is 9.60. The summed E-state index contributed by atoms with van der Waals surface area (Å²) in [6.45, 7) is 0. The predicted octanol–water partition coefficient (Wildman–Crippen LogP) is 4.05. The van der Waals surface area contributed by atoms with Crippen LogP contribution in [0.5, 0.6) is 0 Å². The van der Waals surface area contributed by atoms with Crippen LogP contribution < -0.4 is 0 Å². The highest BCUT2D eigenvalue weighted by atomic mass is 16.5. The van der Waals surface area contributed by atoms with Crippen molar-refractivity contribution in [3.8, 4) is 59.7 Å². The standard InChI is InChI=1S/C34H22O5/c1-4-29(35)15-11-21-34(32(36)38-2,33(37)39-3)20-9-7-5-6-8-12-24-22-27-18-16-25-13-10-14-26-17-19-28(23-24)31(27)30(25)26/h1,10,13-14,16-19,22-23,29,35H,20-21H2,2-3H3. The molecule has 0 aliphatic heterocycles. The molecule has 4 rings (SSSR count). The van der Waals surface area contributed by atoms with Crippen molar-refractivity contribution >= 4 is 44.3 Å². The third kappa shape index (κ3) is 5.49. The van der Waals surface area contributed by atoms with E-state index in [1.54, 1.807) is 0 Å². The molecule has 5 heteroatoms. The number of carbonyl (C=O) groups is 2. The third-order valence-corrected chi connectivity index (χ3v) is 6.28. The summed E-state index contributed by atoms with van der Waals surface area (Å²) in [7, 11) is 2.29. The molecule has 0 radical (unpaired) electrons. The van der Waals surface area contributed by atoms with Crippen molar-refractivity contribution in [3.63, 3.8) is 0 Å². The van der Waals surface area contributed by atoms with Gasteiger partial charge in [-0.05, 0) is 68.1 Å². The molecule has 4 aromatic rings. The first-order valence-corrected chi connectivity index (χ1v) is 11.9. The Morgan fingerprint density at radius 2 is 1.36 bits per heavy atom. The molecule has 188 valence electrons. The molecule has 5 nitrogen and oxygen atoms in total. The molecule has 0 fully saturated rings.